The van der Waals surface area contributed by atoms with Crippen LogP contribution in [-0.2, 0) is 23.2 Å². The third-order valence-corrected chi connectivity index (χ3v) is 9.40. The van der Waals surface area contributed by atoms with Crippen molar-refractivity contribution in [2.24, 2.45) is 0 Å². The van der Waals surface area contributed by atoms with Gasteiger partial charge >= 0.3 is 0 Å². The number of nitrogens with zero attached hydrogens (tertiary/aromatic N) is 3. The zero-order valence-corrected chi connectivity index (χ0v) is 20.6. The van der Waals surface area contributed by atoms with Crippen LogP contribution < -0.4 is 20.7 Å². The molecule has 2 heterocycles. The van der Waals surface area contributed by atoms with Crippen LogP contribution in [0.5, 0.6) is 0 Å². The number of hydrogen-bond donors (Lipinski definition) is 0. The van der Waals surface area contributed by atoms with Crippen LogP contribution in [0.2, 0.25) is 0 Å². The maximum Gasteiger partial charge on any atom is 0.285 e. The van der Waals surface area contributed by atoms with Crippen LogP contribution in [0.4, 0.5) is 0 Å². The third-order valence-electron chi connectivity index (χ3n) is 6.07. The van der Waals surface area contributed by atoms with E-state index in [0.717, 1.165) is 26.2 Å². The Hall–Kier alpha value is -2.05. The van der Waals surface area contributed by atoms with E-state index in [1.807, 2.05) is 18.3 Å². The Morgan fingerprint density at radius 3 is 2.06 bits per heavy atom. The molecule has 0 amide bonds. The lowest BCUT2D eigenvalue weighted by atomic mass is 10.1. The predicted octanol–water partition coefficient (Wildman–Crippen LogP) is 1.96. The highest BCUT2D eigenvalue weighted by molar-refractivity contribution is 7.85. The molecule has 0 atom stereocenters. The molecule has 0 aliphatic carbocycles. The van der Waals surface area contributed by atoms with Gasteiger partial charge in [-0.25, -0.2) is 17.6 Å². The van der Waals surface area contributed by atoms with Gasteiger partial charge in [0, 0.05) is 12.3 Å². The largest absolute Gasteiger partial charge is 0.748 e. The molecular formula is C25H32N3O3PS. The summed E-state index contributed by atoms with van der Waals surface area (Å²) >= 11 is 0. The minimum absolute atomic E-state index is 0.312. The van der Waals surface area contributed by atoms with Gasteiger partial charge < -0.3 is 4.55 Å². The normalized spacial score (nSPS) is 15.2. The topological polar surface area (TPSA) is 69.2 Å². The van der Waals surface area contributed by atoms with Crippen LogP contribution in [0.1, 0.15) is 25.7 Å². The zero-order chi connectivity index (χ0) is 23.1. The minimum Gasteiger partial charge on any atom is -0.748 e. The van der Waals surface area contributed by atoms with Gasteiger partial charge in [0.15, 0.2) is 0 Å². The molecule has 4 rings (SSSR count). The van der Waals surface area contributed by atoms with E-state index in [1.54, 1.807) is 0 Å². The molecule has 0 unspecified atom stereocenters. The Kier molecular flexibility index (Phi) is 8.31. The lowest BCUT2D eigenvalue weighted by Crippen LogP contribution is -2.51. The zero-order valence-electron chi connectivity index (χ0n) is 18.9. The number of aryl methyl sites for hydroxylation is 1. The van der Waals surface area contributed by atoms with E-state index in [-0.39, 0.29) is 5.75 Å². The summed E-state index contributed by atoms with van der Waals surface area (Å²) in [6, 6.07) is 21.0. The third kappa shape index (κ3) is 6.73. The molecule has 0 radical (unpaired) electrons. The van der Waals surface area contributed by atoms with Crippen molar-refractivity contribution < 1.29 is 17.5 Å². The van der Waals surface area contributed by atoms with Crippen molar-refractivity contribution in [2.45, 2.75) is 38.8 Å². The highest BCUT2D eigenvalue weighted by Gasteiger charge is 2.30. The summed E-state index contributed by atoms with van der Waals surface area (Å²) in [5, 5.41) is 2.50. The first-order valence-corrected chi connectivity index (χ1v) is 14.6. The van der Waals surface area contributed by atoms with E-state index in [9.17, 15) is 13.0 Å². The summed E-state index contributed by atoms with van der Waals surface area (Å²) in [5.41, 5.74) is 1.18. The predicted molar refractivity (Wildman–Crippen MR) is 133 cm³/mol. The Balaban J connectivity index is 1.69. The molecule has 33 heavy (non-hydrogen) atoms. The van der Waals surface area contributed by atoms with Crippen LogP contribution in [0, 0.1) is 0 Å². The number of piperidine rings is 1. The molecule has 2 aromatic carbocycles. The molecule has 1 aliphatic heterocycles. The maximum atomic E-state index is 11.2. The fourth-order valence-corrected chi connectivity index (χ4v) is 7.47. The van der Waals surface area contributed by atoms with Crippen molar-refractivity contribution >= 4 is 34.2 Å². The number of likely N-dealkylation sites (tertiary alicyclic amines) is 1. The average Bonchev–Trinajstić information content (AvgIpc) is 3.21. The van der Waals surface area contributed by atoms with Gasteiger partial charge in [-0.05, 0) is 43.0 Å². The molecule has 1 fully saturated rings. The Morgan fingerprint density at radius 2 is 1.48 bits per heavy atom. The van der Waals surface area contributed by atoms with E-state index in [1.165, 1.54) is 35.4 Å². The number of imidazole rings is 1. The minimum atomic E-state index is -4.22. The Bertz CT molecular complexity index is 1070. The van der Waals surface area contributed by atoms with E-state index < -0.39 is 18.0 Å². The monoisotopic (exact) mass is 485 g/mol. The first-order chi connectivity index (χ1) is 16.0. The molecule has 0 bridgehead atoms. The van der Waals surface area contributed by atoms with Gasteiger partial charge in [-0.1, -0.05) is 67.1 Å². The fourth-order valence-electron chi connectivity index (χ4n) is 4.44. The second kappa shape index (κ2) is 11.4. The molecule has 3 aromatic rings. The van der Waals surface area contributed by atoms with Crippen molar-refractivity contribution in [3.05, 3.63) is 73.1 Å². The Morgan fingerprint density at radius 1 is 0.879 bits per heavy atom. The van der Waals surface area contributed by atoms with Crippen molar-refractivity contribution in [2.75, 3.05) is 25.4 Å². The highest BCUT2D eigenvalue weighted by atomic mass is 32.2. The summed E-state index contributed by atoms with van der Waals surface area (Å²) in [6.07, 6.45) is 8.33. The molecule has 176 valence electrons. The van der Waals surface area contributed by atoms with Crippen LogP contribution in [0.3, 0.4) is 0 Å². The number of hydrogen-bond acceptors (Lipinski definition) is 4. The average molecular weight is 486 g/mol. The van der Waals surface area contributed by atoms with Gasteiger partial charge in [0.25, 0.3) is 5.57 Å². The highest BCUT2D eigenvalue weighted by Crippen LogP contribution is 2.31. The summed E-state index contributed by atoms with van der Waals surface area (Å²) < 4.78 is 38.1. The quantitative estimate of drug-likeness (QED) is 0.250. The van der Waals surface area contributed by atoms with Gasteiger partial charge in [0.1, 0.15) is 18.9 Å². The number of rotatable bonds is 10. The molecule has 1 aliphatic rings. The number of benzene rings is 2. The van der Waals surface area contributed by atoms with Crippen molar-refractivity contribution in [3.8, 4) is 0 Å². The van der Waals surface area contributed by atoms with Crippen LogP contribution in [0.15, 0.2) is 73.1 Å². The summed E-state index contributed by atoms with van der Waals surface area (Å²) in [4.78, 5) is 2.54. The molecule has 6 nitrogen and oxygen atoms in total. The SMILES string of the molecule is O=S(=O)([O-])CCC[n+]1ccn(CCN2CCCCC2)c1P(c1ccccc1)c1ccccc1. The van der Waals surface area contributed by atoms with Crippen LogP contribution >= 0.6 is 7.92 Å². The van der Waals surface area contributed by atoms with Gasteiger partial charge in [0.05, 0.1) is 24.6 Å². The van der Waals surface area contributed by atoms with Gasteiger partial charge in [-0.2, -0.15) is 0 Å². The van der Waals surface area contributed by atoms with E-state index >= 15 is 0 Å². The van der Waals surface area contributed by atoms with E-state index in [4.69, 9.17) is 0 Å². The molecule has 0 spiro atoms. The van der Waals surface area contributed by atoms with Crippen molar-refractivity contribution in [3.63, 3.8) is 0 Å². The summed E-state index contributed by atoms with van der Waals surface area (Å²) in [5.74, 6) is -0.340. The Labute approximate surface area is 198 Å². The van der Waals surface area contributed by atoms with Gasteiger partial charge in [0.2, 0.25) is 0 Å². The van der Waals surface area contributed by atoms with Crippen LogP contribution in [-0.4, -0.2) is 47.8 Å². The van der Waals surface area contributed by atoms with Gasteiger partial charge in [-0.3, -0.25) is 4.90 Å². The molecule has 1 aromatic heterocycles. The van der Waals surface area contributed by atoms with Crippen molar-refractivity contribution in [1.29, 1.82) is 0 Å². The van der Waals surface area contributed by atoms with Crippen molar-refractivity contribution in [1.82, 2.24) is 9.47 Å². The maximum absolute atomic E-state index is 11.2. The second-order valence-corrected chi connectivity index (χ2v) is 12.1. The van der Waals surface area contributed by atoms with E-state index in [2.05, 4.69) is 68.8 Å². The lowest BCUT2D eigenvalue weighted by molar-refractivity contribution is -0.678. The molecule has 0 saturated carbocycles. The van der Waals surface area contributed by atoms with Crippen LogP contribution in [0.25, 0.3) is 0 Å². The second-order valence-electron chi connectivity index (χ2n) is 8.51. The smallest absolute Gasteiger partial charge is 0.285 e. The van der Waals surface area contributed by atoms with Gasteiger partial charge in [-0.15, -0.1) is 0 Å². The molecule has 1 saturated heterocycles. The lowest BCUT2D eigenvalue weighted by Gasteiger charge is -2.26. The first-order valence-electron chi connectivity index (χ1n) is 11.7. The molecule has 0 N–H and O–H groups in total. The standard InChI is InChI=1S/C25H32N3O3PS/c29-33(30,31)22-10-17-27-20-21-28(19-18-26-15-8-3-9-16-26)25(27)32(23-11-4-1-5-12-23)24-13-6-2-7-14-24/h1-2,4-7,11-14,20-21H,3,8-10,15-19,22H2. The molecular weight excluding hydrogens is 453 g/mol. The first kappa shape index (κ1) is 24.1. The van der Waals surface area contributed by atoms with E-state index in [0.29, 0.717) is 13.0 Å². The summed E-state index contributed by atoms with van der Waals surface area (Å²) in [6.45, 7) is 4.71. The molecule has 8 heteroatoms. The number of aromatic nitrogens is 2. The fraction of sp³-hybridized carbons (Fsp3) is 0.400. The summed E-state index contributed by atoms with van der Waals surface area (Å²) in [7, 11) is -5.07.